The molecule has 1 aromatic heterocycles. The number of nitrogens with zero attached hydrogens (tertiary/aromatic N) is 2. The molecular formula is C17H23N3O. The summed E-state index contributed by atoms with van der Waals surface area (Å²) in [5.74, 6) is 2.11. The van der Waals surface area contributed by atoms with Crippen LogP contribution in [0.25, 0.3) is 11.3 Å². The number of hydrogen-bond acceptors (Lipinski definition) is 4. The molecule has 1 N–H and O–H groups in total. The van der Waals surface area contributed by atoms with E-state index in [0.29, 0.717) is 5.92 Å². The van der Waals surface area contributed by atoms with Crippen molar-refractivity contribution in [3.63, 3.8) is 0 Å². The molecule has 112 valence electrons. The average Bonchev–Trinajstić information content (AvgIpc) is 2.46. The Morgan fingerprint density at radius 1 is 1.00 bits per heavy atom. The number of rotatable bonds is 5. The maximum Gasteiger partial charge on any atom is 0.133 e. The molecule has 0 aliphatic heterocycles. The van der Waals surface area contributed by atoms with Crippen molar-refractivity contribution in [1.29, 1.82) is 0 Å². The SMILES string of the molecule is CNc1ncnc(-c2ccc(OC(C)C)cc2)c1C(C)C. The molecule has 0 aliphatic rings. The number of hydrogen-bond donors (Lipinski definition) is 1. The van der Waals surface area contributed by atoms with E-state index in [2.05, 4.69) is 29.1 Å². The van der Waals surface area contributed by atoms with Gasteiger partial charge in [-0.15, -0.1) is 0 Å². The summed E-state index contributed by atoms with van der Waals surface area (Å²) < 4.78 is 5.68. The van der Waals surface area contributed by atoms with Crippen LogP contribution in [0, 0.1) is 0 Å². The number of anilines is 1. The molecule has 0 atom stereocenters. The number of nitrogens with one attached hydrogen (secondary N) is 1. The molecule has 0 aliphatic carbocycles. The molecule has 0 radical (unpaired) electrons. The van der Waals surface area contributed by atoms with Crippen LogP contribution < -0.4 is 10.1 Å². The van der Waals surface area contributed by atoms with Crippen LogP contribution in [-0.2, 0) is 0 Å². The van der Waals surface area contributed by atoms with Crippen LogP contribution in [0.2, 0.25) is 0 Å². The van der Waals surface area contributed by atoms with Crippen molar-refractivity contribution in [2.45, 2.75) is 39.7 Å². The first-order valence-corrected chi connectivity index (χ1v) is 7.32. The van der Waals surface area contributed by atoms with E-state index < -0.39 is 0 Å². The van der Waals surface area contributed by atoms with Crippen LogP contribution in [-0.4, -0.2) is 23.1 Å². The molecule has 0 unspecified atom stereocenters. The topological polar surface area (TPSA) is 47.0 Å². The van der Waals surface area contributed by atoms with Gasteiger partial charge in [-0.2, -0.15) is 0 Å². The van der Waals surface area contributed by atoms with Gasteiger partial charge in [0, 0.05) is 18.2 Å². The van der Waals surface area contributed by atoms with Crippen molar-refractivity contribution < 1.29 is 4.74 Å². The summed E-state index contributed by atoms with van der Waals surface area (Å²) in [5, 5.41) is 3.15. The van der Waals surface area contributed by atoms with Gasteiger partial charge in [-0.3, -0.25) is 0 Å². The summed E-state index contributed by atoms with van der Waals surface area (Å²) in [6.07, 6.45) is 1.78. The van der Waals surface area contributed by atoms with Gasteiger partial charge in [-0.1, -0.05) is 13.8 Å². The Morgan fingerprint density at radius 3 is 2.19 bits per heavy atom. The molecule has 4 nitrogen and oxygen atoms in total. The predicted octanol–water partition coefficient (Wildman–Crippen LogP) is 4.10. The lowest BCUT2D eigenvalue weighted by Crippen LogP contribution is -2.06. The van der Waals surface area contributed by atoms with E-state index in [1.807, 2.05) is 45.2 Å². The molecule has 21 heavy (non-hydrogen) atoms. The van der Waals surface area contributed by atoms with Crippen LogP contribution in [0.15, 0.2) is 30.6 Å². The first-order valence-electron chi connectivity index (χ1n) is 7.32. The molecular weight excluding hydrogens is 262 g/mol. The monoisotopic (exact) mass is 285 g/mol. The molecule has 1 heterocycles. The summed E-state index contributed by atoms with van der Waals surface area (Å²) in [4.78, 5) is 8.79. The third-order valence-electron chi connectivity index (χ3n) is 3.20. The van der Waals surface area contributed by atoms with Gasteiger partial charge in [0.1, 0.15) is 17.9 Å². The zero-order chi connectivity index (χ0) is 15.4. The third kappa shape index (κ3) is 3.51. The van der Waals surface area contributed by atoms with Gasteiger partial charge < -0.3 is 10.1 Å². The van der Waals surface area contributed by atoms with E-state index in [0.717, 1.165) is 28.4 Å². The van der Waals surface area contributed by atoms with Gasteiger partial charge in [-0.05, 0) is 44.0 Å². The van der Waals surface area contributed by atoms with E-state index in [1.165, 1.54) is 0 Å². The largest absolute Gasteiger partial charge is 0.491 e. The summed E-state index contributed by atoms with van der Waals surface area (Å²) in [6.45, 7) is 8.35. The highest BCUT2D eigenvalue weighted by Crippen LogP contribution is 2.32. The summed E-state index contributed by atoms with van der Waals surface area (Å²) in [7, 11) is 1.89. The molecule has 1 aromatic carbocycles. The van der Waals surface area contributed by atoms with Crippen molar-refractivity contribution in [3.8, 4) is 17.0 Å². The Morgan fingerprint density at radius 2 is 1.67 bits per heavy atom. The normalized spacial score (nSPS) is 11.0. The fraction of sp³-hybridized carbons (Fsp3) is 0.412. The molecule has 0 saturated carbocycles. The summed E-state index contributed by atoms with van der Waals surface area (Å²) in [5.41, 5.74) is 3.19. The quantitative estimate of drug-likeness (QED) is 0.898. The first-order chi connectivity index (χ1) is 10.0. The Balaban J connectivity index is 2.42. The molecule has 4 heteroatoms. The first kappa shape index (κ1) is 15.3. The van der Waals surface area contributed by atoms with Crippen molar-refractivity contribution in [3.05, 3.63) is 36.2 Å². The van der Waals surface area contributed by atoms with Crippen LogP contribution >= 0.6 is 0 Å². The van der Waals surface area contributed by atoms with Gasteiger partial charge in [0.25, 0.3) is 0 Å². The van der Waals surface area contributed by atoms with Crippen molar-refractivity contribution in [1.82, 2.24) is 9.97 Å². The number of aromatic nitrogens is 2. The lowest BCUT2D eigenvalue weighted by molar-refractivity contribution is 0.242. The minimum absolute atomic E-state index is 0.178. The molecule has 2 aromatic rings. The Hall–Kier alpha value is -2.10. The third-order valence-corrected chi connectivity index (χ3v) is 3.20. The minimum atomic E-state index is 0.178. The second kappa shape index (κ2) is 6.57. The molecule has 0 amide bonds. The fourth-order valence-corrected chi connectivity index (χ4v) is 2.34. The highest BCUT2D eigenvalue weighted by atomic mass is 16.5. The molecule has 0 saturated heterocycles. The smallest absolute Gasteiger partial charge is 0.133 e. The zero-order valence-electron chi connectivity index (χ0n) is 13.3. The van der Waals surface area contributed by atoms with Crippen molar-refractivity contribution in [2.75, 3.05) is 12.4 Å². The molecule has 2 rings (SSSR count). The van der Waals surface area contributed by atoms with Crippen LogP contribution in [0.4, 0.5) is 5.82 Å². The summed E-state index contributed by atoms with van der Waals surface area (Å²) in [6, 6.07) is 8.07. The highest BCUT2D eigenvalue weighted by molar-refractivity contribution is 5.69. The van der Waals surface area contributed by atoms with Crippen molar-refractivity contribution >= 4 is 5.82 Å². The second-order valence-corrected chi connectivity index (χ2v) is 5.58. The van der Waals surface area contributed by atoms with E-state index in [-0.39, 0.29) is 6.10 Å². The van der Waals surface area contributed by atoms with E-state index >= 15 is 0 Å². The Labute approximate surface area is 126 Å². The van der Waals surface area contributed by atoms with E-state index in [4.69, 9.17) is 4.74 Å². The van der Waals surface area contributed by atoms with E-state index in [1.54, 1.807) is 6.33 Å². The summed E-state index contributed by atoms with van der Waals surface area (Å²) >= 11 is 0. The van der Waals surface area contributed by atoms with Gasteiger partial charge in [0.2, 0.25) is 0 Å². The molecule has 0 spiro atoms. The predicted molar refractivity (Wildman–Crippen MR) is 86.9 cm³/mol. The average molecular weight is 285 g/mol. The second-order valence-electron chi connectivity index (χ2n) is 5.58. The van der Waals surface area contributed by atoms with E-state index in [9.17, 15) is 0 Å². The standard InChI is InChI=1S/C17H23N3O/c1-11(2)15-16(19-10-20-17(15)18-5)13-6-8-14(9-7-13)21-12(3)4/h6-12H,1-5H3,(H,18,19,20). The number of ether oxygens (including phenoxy) is 1. The zero-order valence-corrected chi connectivity index (χ0v) is 13.3. The van der Waals surface area contributed by atoms with Gasteiger partial charge in [0.05, 0.1) is 11.8 Å². The lowest BCUT2D eigenvalue weighted by atomic mass is 9.97. The molecule has 0 fully saturated rings. The highest BCUT2D eigenvalue weighted by Gasteiger charge is 2.15. The maximum absolute atomic E-state index is 5.68. The van der Waals surface area contributed by atoms with Crippen molar-refractivity contribution in [2.24, 2.45) is 0 Å². The van der Waals surface area contributed by atoms with Crippen LogP contribution in [0.3, 0.4) is 0 Å². The van der Waals surface area contributed by atoms with Crippen LogP contribution in [0.1, 0.15) is 39.2 Å². The minimum Gasteiger partial charge on any atom is -0.491 e. The number of benzene rings is 1. The fourth-order valence-electron chi connectivity index (χ4n) is 2.34. The van der Waals surface area contributed by atoms with Gasteiger partial charge in [0.15, 0.2) is 0 Å². The van der Waals surface area contributed by atoms with Gasteiger partial charge >= 0.3 is 0 Å². The lowest BCUT2D eigenvalue weighted by Gasteiger charge is -2.16. The maximum atomic E-state index is 5.68. The van der Waals surface area contributed by atoms with Gasteiger partial charge in [-0.25, -0.2) is 9.97 Å². The molecule has 0 bridgehead atoms. The Bertz CT molecular complexity index is 591. The van der Waals surface area contributed by atoms with Crippen LogP contribution in [0.5, 0.6) is 5.75 Å². The Kier molecular flexibility index (Phi) is 4.78.